The Morgan fingerprint density at radius 2 is 1.40 bits per heavy atom. The standard InChI is InChI=1S/C38H49N3O6S/c1-4-5-6-9-22-41(38-40-33-10-7-8-11-35(33)48-38)39-24-31-23-32(46-36(44)29-16-12-27(13-17-29)25(2)42)20-21-34(31)47-37(45)30-18-14-28(15-19-30)26(3)43/h7-8,10-11,20-21,23,27-30,39H,4-6,9,12-19,22,24H2,1-3H3. The molecule has 5 rings (SSSR count). The molecule has 0 aliphatic heterocycles. The van der Waals surface area contributed by atoms with Crippen molar-refractivity contribution < 1.29 is 28.7 Å². The van der Waals surface area contributed by atoms with Gasteiger partial charge in [0.05, 0.1) is 22.1 Å². The minimum Gasteiger partial charge on any atom is -0.426 e. The number of unbranched alkanes of at least 4 members (excludes halogenated alkanes) is 3. The number of esters is 2. The normalized spacial score (nSPS) is 21.1. The fraction of sp³-hybridized carbons (Fsp3) is 0.553. The summed E-state index contributed by atoms with van der Waals surface area (Å²) in [6.07, 6.45) is 9.71. The van der Waals surface area contributed by atoms with E-state index < -0.39 is 0 Å². The molecule has 258 valence electrons. The molecule has 2 fully saturated rings. The summed E-state index contributed by atoms with van der Waals surface area (Å²) >= 11 is 1.62. The smallest absolute Gasteiger partial charge is 0.314 e. The Hall–Kier alpha value is -3.63. The molecule has 0 radical (unpaired) electrons. The van der Waals surface area contributed by atoms with Gasteiger partial charge >= 0.3 is 11.9 Å². The molecular weight excluding hydrogens is 627 g/mol. The summed E-state index contributed by atoms with van der Waals surface area (Å²) in [5, 5.41) is 2.93. The first kappa shape index (κ1) is 35.7. The van der Waals surface area contributed by atoms with Crippen molar-refractivity contribution in [3.05, 3.63) is 48.0 Å². The maximum Gasteiger partial charge on any atom is 0.314 e. The molecule has 2 aliphatic carbocycles. The third-order valence-corrected chi connectivity index (χ3v) is 11.0. The number of aromatic nitrogens is 1. The summed E-state index contributed by atoms with van der Waals surface area (Å²) in [7, 11) is 0. The molecule has 0 unspecified atom stereocenters. The summed E-state index contributed by atoms with van der Waals surface area (Å²) in [6.45, 7) is 6.51. The number of thiazole rings is 1. The number of ketones is 2. The fourth-order valence-electron chi connectivity index (χ4n) is 6.81. The topological polar surface area (TPSA) is 115 Å². The van der Waals surface area contributed by atoms with Crippen LogP contribution < -0.4 is 19.9 Å². The van der Waals surface area contributed by atoms with Crippen molar-refractivity contribution in [2.75, 3.05) is 11.6 Å². The number of ether oxygens (including phenoxy) is 2. The molecule has 1 aromatic heterocycles. The lowest BCUT2D eigenvalue weighted by molar-refractivity contribution is -0.142. The molecule has 9 nitrogen and oxygen atoms in total. The number of fused-ring (bicyclic) bond motifs is 1. The van der Waals surface area contributed by atoms with Crippen molar-refractivity contribution in [3.63, 3.8) is 0 Å². The third-order valence-electron chi connectivity index (χ3n) is 9.94. The van der Waals surface area contributed by atoms with E-state index in [1.807, 2.05) is 18.2 Å². The molecule has 2 aliphatic rings. The molecular formula is C38H49N3O6S. The molecule has 0 atom stereocenters. The largest absolute Gasteiger partial charge is 0.426 e. The zero-order valence-electron chi connectivity index (χ0n) is 28.5. The maximum absolute atomic E-state index is 13.3. The quantitative estimate of drug-likeness (QED) is 0.0741. The number of hydrazine groups is 1. The summed E-state index contributed by atoms with van der Waals surface area (Å²) in [6, 6.07) is 13.2. The molecule has 0 amide bonds. The lowest BCUT2D eigenvalue weighted by Gasteiger charge is -2.27. The zero-order chi connectivity index (χ0) is 34.0. The SMILES string of the molecule is CCCCCCN(NCc1cc(OC(=O)C2CCC(C(C)=O)CC2)ccc1OC(=O)C1CCC(C(C)=O)CC1)c1nc2ccccc2s1. The van der Waals surface area contributed by atoms with Crippen LogP contribution >= 0.6 is 11.3 Å². The molecule has 1 heterocycles. The van der Waals surface area contributed by atoms with Gasteiger partial charge < -0.3 is 9.47 Å². The van der Waals surface area contributed by atoms with Gasteiger partial charge in [0, 0.05) is 30.5 Å². The molecule has 0 bridgehead atoms. The average Bonchev–Trinajstić information content (AvgIpc) is 3.53. The summed E-state index contributed by atoms with van der Waals surface area (Å²) in [5.74, 6) is 0.109. The Balaban J connectivity index is 1.33. The van der Waals surface area contributed by atoms with Crippen LogP contribution in [0.3, 0.4) is 0 Å². The van der Waals surface area contributed by atoms with Crippen LogP contribution in [0.4, 0.5) is 5.13 Å². The van der Waals surface area contributed by atoms with Crippen molar-refractivity contribution in [2.24, 2.45) is 23.7 Å². The Kier molecular flexibility index (Phi) is 12.7. The van der Waals surface area contributed by atoms with Crippen LogP contribution in [0.15, 0.2) is 42.5 Å². The second kappa shape index (κ2) is 17.2. The first-order valence-corrected chi connectivity index (χ1v) is 18.5. The lowest BCUT2D eigenvalue weighted by Crippen LogP contribution is -2.38. The predicted octanol–water partition coefficient (Wildman–Crippen LogP) is 7.99. The molecule has 3 aromatic rings. The van der Waals surface area contributed by atoms with Crippen LogP contribution in [0.25, 0.3) is 10.2 Å². The number of hydrogen-bond donors (Lipinski definition) is 1. The van der Waals surface area contributed by atoms with E-state index in [4.69, 9.17) is 14.5 Å². The highest BCUT2D eigenvalue weighted by molar-refractivity contribution is 7.22. The Bertz CT molecular complexity index is 1540. The third kappa shape index (κ3) is 9.50. The number of anilines is 1. The maximum atomic E-state index is 13.3. The van der Waals surface area contributed by atoms with E-state index in [-0.39, 0.29) is 47.2 Å². The van der Waals surface area contributed by atoms with Gasteiger partial charge in [0.2, 0.25) is 5.13 Å². The van der Waals surface area contributed by atoms with Gasteiger partial charge in [-0.15, -0.1) is 0 Å². The number of para-hydroxylation sites is 1. The van der Waals surface area contributed by atoms with Gasteiger partial charge in [-0.2, -0.15) is 0 Å². The molecule has 2 saturated carbocycles. The van der Waals surface area contributed by atoms with Crippen molar-refractivity contribution in [1.82, 2.24) is 10.4 Å². The van der Waals surface area contributed by atoms with E-state index in [0.29, 0.717) is 75.0 Å². The van der Waals surface area contributed by atoms with Gasteiger partial charge in [-0.25, -0.2) is 10.4 Å². The van der Waals surface area contributed by atoms with Crippen LogP contribution in [-0.4, -0.2) is 35.0 Å². The molecule has 2 aromatic carbocycles. The Morgan fingerprint density at radius 1 is 0.792 bits per heavy atom. The van der Waals surface area contributed by atoms with E-state index in [2.05, 4.69) is 23.4 Å². The zero-order valence-corrected chi connectivity index (χ0v) is 29.3. The monoisotopic (exact) mass is 675 g/mol. The van der Waals surface area contributed by atoms with E-state index in [1.165, 1.54) is 0 Å². The van der Waals surface area contributed by atoms with E-state index in [1.54, 1.807) is 43.4 Å². The second-order valence-electron chi connectivity index (χ2n) is 13.4. The number of hydrogen-bond acceptors (Lipinski definition) is 10. The van der Waals surface area contributed by atoms with Crippen molar-refractivity contribution in [3.8, 4) is 11.5 Å². The number of rotatable bonds is 15. The minimum atomic E-state index is -0.298. The molecule has 10 heteroatoms. The highest BCUT2D eigenvalue weighted by Crippen LogP contribution is 2.34. The number of nitrogens with zero attached hydrogens (tertiary/aromatic N) is 2. The van der Waals surface area contributed by atoms with Gasteiger partial charge in [0.15, 0.2) is 0 Å². The van der Waals surface area contributed by atoms with Crippen molar-refractivity contribution in [2.45, 2.75) is 104 Å². The molecule has 0 spiro atoms. The summed E-state index contributed by atoms with van der Waals surface area (Å²) in [4.78, 5) is 55.1. The Morgan fingerprint density at radius 3 is 2.00 bits per heavy atom. The van der Waals surface area contributed by atoms with Gasteiger partial charge in [-0.05, 0) is 102 Å². The highest BCUT2D eigenvalue weighted by Gasteiger charge is 2.31. The summed E-state index contributed by atoms with van der Waals surface area (Å²) < 4.78 is 13.0. The molecule has 48 heavy (non-hydrogen) atoms. The first-order valence-electron chi connectivity index (χ1n) is 17.7. The van der Waals surface area contributed by atoms with Crippen molar-refractivity contribution >= 4 is 50.2 Å². The molecule has 1 N–H and O–H groups in total. The first-order chi connectivity index (χ1) is 23.2. The molecule has 0 saturated heterocycles. The minimum absolute atomic E-state index is 0.0195. The number of benzene rings is 2. The summed E-state index contributed by atoms with van der Waals surface area (Å²) in [5.41, 5.74) is 5.17. The van der Waals surface area contributed by atoms with Gasteiger partial charge in [-0.1, -0.05) is 49.7 Å². The van der Waals surface area contributed by atoms with Crippen LogP contribution in [0.2, 0.25) is 0 Å². The number of nitrogens with one attached hydrogen (secondary N) is 1. The fourth-order valence-corrected chi connectivity index (χ4v) is 7.79. The van der Waals surface area contributed by atoms with E-state index in [0.717, 1.165) is 47.6 Å². The van der Waals surface area contributed by atoms with Gasteiger partial charge in [0.25, 0.3) is 0 Å². The van der Waals surface area contributed by atoms with Crippen LogP contribution in [0.1, 0.15) is 103 Å². The average molecular weight is 676 g/mol. The number of carbonyl (C=O) groups excluding carboxylic acids is 4. The number of Topliss-reactive ketones (excluding diaryl/α,β-unsaturated/α-hetero) is 2. The van der Waals surface area contributed by atoms with Crippen LogP contribution in [0.5, 0.6) is 11.5 Å². The Labute approximate surface area is 287 Å². The highest BCUT2D eigenvalue weighted by atomic mass is 32.1. The predicted molar refractivity (Wildman–Crippen MR) is 188 cm³/mol. The second-order valence-corrected chi connectivity index (χ2v) is 14.5. The van der Waals surface area contributed by atoms with Crippen LogP contribution in [-0.2, 0) is 25.7 Å². The van der Waals surface area contributed by atoms with Gasteiger partial charge in [-0.3, -0.25) is 24.2 Å². The lowest BCUT2D eigenvalue weighted by atomic mass is 9.80. The van der Waals surface area contributed by atoms with Gasteiger partial charge in [0.1, 0.15) is 23.1 Å². The van der Waals surface area contributed by atoms with E-state index in [9.17, 15) is 19.2 Å². The van der Waals surface area contributed by atoms with E-state index >= 15 is 0 Å². The van der Waals surface area contributed by atoms with Crippen molar-refractivity contribution in [1.29, 1.82) is 0 Å². The number of carbonyl (C=O) groups is 4. The van der Waals surface area contributed by atoms with Crippen LogP contribution in [0, 0.1) is 23.7 Å².